The lowest BCUT2D eigenvalue weighted by Gasteiger charge is -2.13. The Kier molecular flexibility index (Phi) is 4.48. The molecule has 0 saturated carbocycles. The molecule has 1 aromatic carbocycles. The van der Waals surface area contributed by atoms with Crippen molar-refractivity contribution in [2.75, 3.05) is 0 Å². The molecule has 9 heteroatoms. The van der Waals surface area contributed by atoms with Gasteiger partial charge in [-0.25, -0.2) is 13.1 Å². The van der Waals surface area contributed by atoms with Crippen LogP contribution < -0.4 is 4.72 Å². The van der Waals surface area contributed by atoms with Gasteiger partial charge in [0.15, 0.2) is 0 Å². The second-order valence-corrected chi connectivity index (χ2v) is 7.19. The Hall–Kier alpha value is -0.960. The molecule has 0 saturated heterocycles. The van der Waals surface area contributed by atoms with Crippen molar-refractivity contribution < 1.29 is 8.42 Å². The first-order chi connectivity index (χ1) is 9.31. The molecule has 1 heterocycles. The van der Waals surface area contributed by atoms with Crippen molar-refractivity contribution in [3.63, 3.8) is 0 Å². The van der Waals surface area contributed by atoms with Crippen molar-refractivity contribution in [3.05, 3.63) is 39.8 Å². The molecule has 2 aromatic rings. The molecule has 6 nitrogen and oxygen atoms in total. The maximum absolute atomic E-state index is 12.3. The third-order valence-corrected chi connectivity index (χ3v) is 5.42. The number of nitrogens with one attached hydrogen (secondary N) is 1. The van der Waals surface area contributed by atoms with Crippen molar-refractivity contribution in [2.24, 2.45) is 7.05 Å². The van der Waals surface area contributed by atoms with Crippen LogP contribution in [-0.2, 0) is 17.1 Å². The number of aryl methyl sites for hydroxylation is 1. The molecule has 0 amide bonds. The molecule has 2 rings (SSSR count). The van der Waals surface area contributed by atoms with E-state index < -0.39 is 16.1 Å². The Bertz CT molecular complexity index is 732. The summed E-state index contributed by atoms with van der Waals surface area (Å²) in [6.45, 7) is 1.70. The molecular formula is C11H12BrClN4O2S. The van der Waals surface area contributed by atoms with E-state index in [-0.39, 0.29) is 4.90 Å². The molecule has 0 fully saturated rings. The fourth-order valence-corrected chi connectivity index (χ4v) is 3.56. The monoisotopic (exact) mass is 378 g/mol. The van der Waals surface area contributed by atoms with Crippen LogP contribution in [-0.4, -0.2) is 23.2 Å². The molecule has 1 atom stereocenters. The maximum Gasteiger partial charge on any atom is 0.241 e. The van der Waals surface area contributed by atoms with Crippen LogP contribution in [0, 0.1) is 0 Å². The van der Waals surface area contributed by atoms with Gasteiger partial charge in [-0.1, -0.05) is 11.6 Å². The summed E-state index contributed by atoms with van der Waals surface area (Å²) in [4.78, 5) is 0.128. The Morgan fingerprint density at radius 2 is 2.15 bits per heavy atom. The van der Waals surface area contributed by atoms with E-state index in [1.165, 1.54) is 24.5 Å². The van der Waals surface area contributed by atoms with E-state index >= 15 is 0 Å². The van der Waals surface area contributed by atoms with Gasteiger partial charge in [0.2, 0.25) is 10.0 Å². The molecule has 0 aliphatic carbocycles. The van der Waals surface area contributed by atoms with Crippen molar-refractivity contribution in [1.29, 1.82) is 0 Å². The van der Waals surface area contributed by atoms with Gasteiger partial charge in [0, 0.05) is 11.5 Å². The van der Waals surface area contributed by atoms with Crippen LogP contribution in [0.1, 0.15) is 18.8 Å². The SMILES string of the molecule is CC(NS(=O)(=O)c1ccc(Cl)c(Br)c1)c1nncn1C. The number of benzene rings is 1. The third kappa shape index (κ3) is 3.20. The summed E-state index contributed by atoms with van der Waals surface area (Å²) in [5, 5.41) is 8.05. The van der Waals surface area contributed by atoms with E-state index in [1.807, 2.05) is 0 Å². The molecule has 108 valence electrons. The highest BCUT2D eigenvalue weighted by Gasteiger charge is 2.21. The molecule has 20 heavy (non-hydrogen) atoms. The maximum atomic E-state index is 12.3. The van der Waals surface area contributed by atoms with E-state index in [1.54, 1.807) is 18.5 Å². The van der Waals surface area contributed by atoms with E-state index in [0.717, 1.165) is 0 Å². The predicted molar refractivity (Wildman–Crippen MR) is 78.9 cm³/mol. The average Bonchev–Trinajstić information content (AvgIpc) is 2.78. The molecule has 0 bridgehead atoms. The second-order valence-electron chi connectivity index (χ2n) is 4.22. The number of rotatable bonds is 4. The minimum atomic E-state index is -3.66. The van der Waals surface area contributed by atoms with E-state index in [4.69, 9.17) is 11.6 Å². The zero-order valence-electron chi connectivity index (χ0n) is 10.7. The van der Waals surface area contributed by atoms with E-state index in [0.29, 0.717) is 15.3 Å². The van der Waals surface area contributed by atoms with Crippen molar-refractivity contribution in [3.8, 4) is 0 Å². The van der Waals surface area contributed by atoms with Gasteiger partial charge in [-0.3, -0.25) is 0 Å². The Labute approximate surface area is 130 Å². The Morgan fingerprint density at radius 3 is 2.70 bits per heavy atom. The first-order valence-electron chi connectivity index (χ1n) is 5.62. The van der Waals surface area contributed by atoms with Gasteiger partial charge < -0.3 is 4.57 Å². The van der Waals surface area contributed by atoms with Crippen LogP contribution in [0.4, 0.5) is 0 Å². The fraction of sp³-hybridized carbons (Fsp3) is 0.273. The van der Waals surface area contributed by atoms with E-state index in [2.05, 4.69) is 30.8 Å². The van der Waals surface area contributed by atoms with Crippen LogP contribution in [0.3, 0.4) is 0 Å². The Morgan fingerprint density at radius 1 is 1.45 bits per heavy atom. The standard InChI is InChI=1S/C11H12BrClN4O2S/c1-7(11-15-14-6-17(11)2)16-20(18,19)8-3-4-10(13)9(12)5-8/h3-7,16H,1-2H3. The van der Waals surface area contributed by atoms with Gasteiger partial charge in [0.1, 0.15) is 12.2 Å². The third-order valence-electron chi connectivity index (χ3n) is 2.67. The molecule has 0 aliphatic rings. The summed E-state index contributed by atoms with van der Waals surface area (Å²) in [6.07, 6.45) is 1.51. The molecule has 1 aromatic heterocycles. The molecule has 0 radical (unpaired) electrons. The van der Waals surface area contributed by atoms with Gasteiger partial charge in [0.25, 0.3) is 0 Å². The van der Waals surface area contributed by atoms with Crippen LogP contribution in [0.5, 0.6) is 0 Å². The van der Waals surface area contributed by atoms with Gasteiger partial charge >= 0.3 is 0 Å². The zero-order chi connectivity index (χ0) is 14.9. The minimum Gasteiger partial charge on any atom is -0.319 e. The van der Waals surface area contributed by atoms with Crippen molar-refractivity contribution in [2.45, 2.75) is 17.9 Å². The highest BCUT2D eigenvalue weighted by Crippen LogP contribution is 2.26. The molecule has 0 aliphatic heterocycles. The van der Waals surface area contributed by atoms with Crippen LogP contribution >= 0.6 is 27.5 Å². The lowest BCUT2D eigenvalue weighted by atomic mass is 10.3. The first kappa shape index (κ1) is 15.4. The number of hydrogen-bond donors (Lipinski definition) is 1. The topological polar surface area (TPSA) is 76.9 Å². The lowest BCUT2D eigenvalue weighted by Crippen LogP contribution is -2.28. The van der Waals surface area contributed by atoms with Crippen LogP contribution in [0.15, 0.2) is 33.9 Å². The van der Waals surface area contributed by atoms with Gasteiger partial charge in [-0.05, 0) is 41.1 Å². The molecule has 1 unspecified atom stereocenters. The number of nitrogens with zero attached hydrogens (tertiary/aromatic N) is 3. The Balaban J connectivity index is 2.27. The predicted octanol–water partition coefficient (Wildman–Crippen LogP) is 2.27. The van der Waals surface area contributed by atoms with Gasteiger partial charge in [0.05, 0.1) is 16.0 Å². The highest BCUT2D eigenvalue weighted by atomic mass is 79.9. The largest absolute Gasteiger partial charge is 0.319 e. The number of aromatic nitrogens is 3. The smallest absolute Gasteiger partial charge is 0.241 e. The van der Waals surface area contributed by atoms with Gasteiger partial charge in [-0.2, -0.15) is 0 Å². The highest BCUT2D eigenvalue weighted by molar-refractivity contribution is 9.10. The number of hydrogen-bond acceptors (Lipinski definition) is 4. The number of sulfonamides is 1. The number of halogens is 2. The summed E-state index contributed by atoms with van der Waals surface area (Å²) in [5.41, 5.74) is 0. The lowest BCUT2D eigenvalue weighted by molar-refractivity contribution is 0.553. The molecule has 0 spiro atoms. The summed E-state index contributed by atoms with van der Waals surface area (Å²) >= 11 is 9.06. The van der Waals surface area contributed by atoms with Crippen molar-refractivity contribution >= 4 is 37.6 Å². The summed E-state index contributed by atoms with van der Waals surface area (Å²) in [7, 11) is -1.91. The summed E-state index contributed by atoms with van der Waals surface area (Å²) in [5.74, 6) is 0.529. The van der Waals surface area contributed by atoms with Crippen LogP contribution in [0.25, 0.3) is 0 Å². The zero-order valence-corrected chi connectivity index (χ0v) is 13.9. The first-order valence-corrected chi connectivity index (χ1v) is 8.28. The van der Waals surface area contributed by atoms with Gasteiger partial charge in [-0.15, -0.1) is 10.2 Å². The summed E-state index contributed by atoms with van der Waals surface area (Å²) in [6, 6.07) is 3.92. The molecule has 1 N–H and O–H groups in total. The average molecular weight is 380 g/mol. The molecular weight excluding hydrogens is 368 g/mol. The van der Waals surface area contributed by atoms with Crippen molar-refractivity contribution in [1.82, 2.24) is 19.5 Å². The fourth-order valence-electron chi connectivity index (χ4n) is 1.68. The normalized spacial score (nSPS) is 13.4. The van der Waals surface area contributed by atoms with Crippen LogP contribution in [0.2, 0.25) is 5.02 Å². The quantitative estimate of drug-likeness (QED) is 0.884. The second kappa shape index (κ2) is 5.80. The summed E-state index contributed by atoms with van der Waals surface area (Å²) < 4.78 is 29.3. The minimum absolute atomic E-state index is 0.128. The van der Waals surface area contributed by atoms with E-state index in [9.17, 15) is 8.42 Å².